The van der Waals surface area contributed by atoms with E-state index < -0.39 is 0 Å². The van der Waals surface area contributed by atoms with E-state index in [9.17, 15) is 0 Å². The van der Waals surface area contributed by atoms with Crippen LogP contribution in [0, 0.1) is 0 Å². The van der Waals surface area contributed by atoms with Gasteiger partial charge in [-0.1, -0.05) is 15.9 Å². The van der Waals surface area contributed by atoms with Gasteiger partial charge < -0.3 is 10.2 Å². The predicted octanol–water partition coefficient (Wildman–Crippen LogP) is 3.53. The third-order valence-electron chi connectivity index (χ3n) is 2.07. The molecule has 2 aromatic carbocycles. The van der Waals surface area contributed by atoms with Crippen molar-refractivity contribution in [3.05, 3.63) is 53.0 Å². The average Bonchev–Trinajstić information content (AvgIpc) is 2.33. The molecule has 0 radical (unpaired) electrons. The van der Waals surface area contributed by atoms with Gasteiger partial charge in [-0.15, -0.1) is 0 Å². The van der Waals surface area contributed by atoms with Gasteiger partial charge in [0, 0.05) is 10.2 Å². The molecule has 0 spiro atoms. The van der Waals surface area contributed by atoms with Crippen molar-refractivity contribution in [2.45, 2.75) is 0 Å². The quantitative estimate of drug-likeness (QED) is 0.667. The Hall–Kier alpha value is -1.52. The number of rotatable bonds is 3. The number of hydrogen-bond donors (Lipinski definition) is 2. The van der Waals surface area contributed by atoms with E-state index in [1.165, 1.54) is 0 Å². The van der Waals surface area contributed by atoms with Crippen LogP contribution >= 0.6 is 15.9 Å². The average molecular weight is 279 g/mol. The summed E-state index contributed by atoms with van der Waals surface area (Å²) in [6.45, 7) is 0. The van der Waals surface area contributed by atoms with E-state index in [0.717, 1.165) is 21.7 Å². The molecule has 0 aromatic heterocycles. The maximum atomic E-state index is 5.64. The highest BCUT2D eigenvalue weighted by atomic mass is 79.9. The van der Waals surface area contributed by atoms with E-state index in [4.69, 9.17) is 10.6 Å². The largest absolute Gasteiger partial charge is 0.457 e. The first-order chi connectivity index (χ1) is 7.78. The zero-order valence-electron chi connectivity index (χ0n) is 8.48. The maximum Gasteiger partial charge on any atom is 0.127 e. The lowest BCUT2D eigenvalue weighted by Crippen LogP contribution is -2.05. The van der Waals surface area contributed by atoms with Gasteiger partial charge >= 0.3 is 0 Å². The lowest BCUT2D eigenvalue weighted by atomic mass is 10.3. The van der Waals surface area contributed by atoms with Crippen molar-refractivity contribution in [2.75, 3.05) is 5.43 Å². The number of nitrogens with one attached hydrogen (secondary N) is 1. The smallest absolute Gasteiger partial charge is 0.127 e. The van der Waals surface area contributed by atoms with Crippen LogP contribution in [0.1, 0.15) is 0 Å². The van der Waals surface area contributed by atoms with Crippen molar-refractivity contribution in [1.29, 1.82) is 0 Å². The van der Waals surface area contributed by atoms with Crippen molar-refractivity contribution in [3.8, 4) is 11.5 Å². The Bertz CT molecular complexity index is 453. The van der Waals surface area contributed by atoms with Crippen LogP contribution in [0.5, 0.6) is 11.5 Å². The first kappa shape index (κ1) is 11.0. The summed E-state index contributed by atoms with van der Waals surface area (Å²) >= 11 is 3.37. The fourth-order valence-corrected chi connectivity index (χ4v) is 1.52. The van der Waals surface area contributed by atoms with Gasteiger partial charge in [0.2, 0.25) is 0 Å². The maximum absolute atomic E-state index is 5.64. The summed E-state index contributed by atoms with van der Waals surface area (Å²) in [6.07, 6.45) is 0. The van der Waals surface area contributed by atoms with Gasteiger partial charge in [0.1, 0.15) is 11.5 Å². The summed E-state index contributed by atoms with van der Waals surface area (Å²) in [5, 5.41) is 0. The molecule has 0 atom stereocenters. The number of benzene rings is 2. The normalized spacial score (nSPS) is 9.88. The third-order valence-corrected chi connectivity index (χ3v) is 2.60. The molecule has 3 N–H and O–H groups in total. The molecular formula is C12H11BrN2O. The minimum absolute atomic E-state index is 0.779. The van der Waals surface area contributed by atoms with E-state index in [1.54, 1.807) is 0 Å². The van der Waals surface area contributed by atoms with Crippen molar-refractivity contribution in [3.63, 3.8) is 0 Å². The second-order valence-corrected chi connectivity index (χ2v) is 4.14. The van der Waals surface area contributed by atoms with E-state index in [2.05, 4.69) is 21.4 Å². The number of hydrogen-bond acceptors (Lipinski definition) is 3. The first-order valence-corrected chi connectivity index (χ1v) is 5.57. The van der Waals surface area contributed by atoms with E-state index in [1.807, 2.05) is 48.5 Å². The molecule has 0 saturated heterocycles. The Labute approximate surface area is 102 Å². The Morgan fingerprint density at radius 3 is 1.88 bits per heavy atom. The van der Waals surface area contributed by atoms with Gasteiger partial charge in [-0.2, -0.15) is 0 Å². The first-order valence-electron chi connectivity index (χ1n) is 4.78. The zero-order chi connectivity index (χ0) is 11.4. The van der Waals surface area contributed by atoms with Crippen LogP contribution in [0.2, 0.25) is 0 Å². The molecule has 0 saturated carbocycles. The van der Waals surface area contributed by atoms with Crippen LogP contribution in [0.25, 0.3) is 0 Å². The minimum atomic E-state index is 0.779. The lowest BCUT2D eigenvalue weighted by Gasteiger charge is -2.06. The van der Waals surface area contributed by atoms with Crippen molar-refractivity contribution in [2.24, 2.45) is 5.84 Å². The fraction of sp³-hybridized carbons (Fsp3) is 0. The number of halogens is 1. The van der Waals surface area contributed by atoms with Crippen LogP contribution in [0.4, 0.5) is 5.69 Å². The number of ether oxygens (including phenoxy) is 1. The van der Waals surface area contributed by atoms with E-state index in [0.29, 0.717) is 0 Å². The van der Waals surface area contributed by atoms with Crippen molar-refractivity contribution < 1.29 is 4.74 Å². The summed E-state index contributed by atoms with van der Waals surface area (Å²) in [7, 11) is 0. The van der Waals surface area contributed by atoms with Gasteiger partial charge in [-0.05, 0) is 48.5 Å². The Kier molecular flexibility index (Phi) is 3.44. The Balaban J connectivity index is 2.11. The molecule has 0 aliphatic heterocycles. The molecule has 0 fully saturated rings. The SMILES string of the molecule is NNc1ccc(Oc2ccc(Br)cc2)cc1. The van der Waals surface area contributed by atoms with Crippen LogP contribution in [0.3, 0.4) is 0 Å². The van der Waals surface area contributed by atoms with Crippen LogP contribution in [0.15, 0.2) is 53.0 Å². The number of anilines is 1. The van der Waals surface area contributed by atoms with Gasteiger partial charge in [0.15, 0.2) is 0 Å². The molecule has 82 valence electrons. The topological polar surface area (TPSA) is 47.3 Å². The number of nitrogen functional groups attached to an aromatic ring is 1. The molecule has 2 aromatic rings. The standard InChI is InChI=1S/C12H11BrN2O/c13-9-1-5-11(6-2-9)16-12-7-3-10(15-14)4-8-12/h1-8,15H,14H2. The molecular weight excluding hydrogens is 268 g/mol. The number of nitrogens with two attached hydrogens (primary N) is 1. The minimum Gasteiger partial charge on any atom is -0.457 e. The summed E-state index contributed by atoms with van der Waals surface area (Å²) in [4.78, 5) is 0. The fourth-order valence-electron chi connectivity index (χ4n) is 1.26. The lowest BCUT2D eigenvalue weighted by molar-refractivity contribution is 0.482. The molecule has 0 heterocycles. The second kappa shape index (κ2) is 5.01. The summed E-state index contributed by atoms with van der Waals surface area (Å²) < 4.78 is 6.67. The predicted molar refractivity (Wildman–Crippen MR) is 68.5 cm³/mol. The summed E-state index contributed by atoms with van der Waals surface area (Å²) in [5.41, 5.74) is 3.41. The third kappa shape index (κ3) is 2.74. The molecule has 0 aliphatic rings. The van der Waals surface area contributed by atoms with Gasteiger partial charge in [0.25, 0.3) is 0 Å². The highest BCUT2D eigenvalue weighted by Crippen LogP contribution is 2.24. The highest BCUT2D eigenvalue weighted by molar-refractivity contribution is 9.10. The zero-order valence-corrected chi connectivity index (χ0v) is 10.1. The molecule has 2 rings (SSSR count). The van der Waals surface area contributed by atoms with Gasteiger partial charge in [-0.3, -0.25) is 5.84 Å². The monoisotopic (exact) mass is 278 g/mol. The Morgan fingerprint density at radius 1 is 0.875 bits per heavy atom. The highest BCUT2D eigenvalue weighted by Gasteiger charge is 1.97. The molecule has 0 amide bonds. The molecule has 16 heavy (non-hydrogen) atoms. The molecule has 4 heteroatoms. The summed E-state index contributed by atoms with van der Waals surface area (Å²) in [5.74, 6) is 6.85. The van der Waals surface area contributed by atoms with Crippen molar-refractivity contribution >= 4 is 21.6 Å². The Morgan fingerprint density at radius 2 is 1.38 bits per heavy atom. The molecule has 0 bridgehead atoms. The second-order valence-electron chi connectivity index (χ2n) is 3.22. The van der Waals surface area contributed by atoms with Gasteiger partial charge in [0.05, 0.1) is 0 Å². The molecule has 0 aliphatic carbocycles. The van der Waals surface area contributed by atoms with E-state index >= 15 is 0 Å². The molecule has 3 nitrogen and oxygen atoms in total. The number of hydrazine groups is 1. The summed E-state index contributed by atoms with van der Waals surface area (Å²) in [6, 6.07) is 15.1. The van der Waals surface area contributed by atoms with Crippen LogP contribution < -0.4 is 16.0 Å². The van der Waals surface area contributed by atoms with Crippen LogP contribution in [-0.2, 0) is 0 Å². The molecule has 0 unspecified atom stereocenters. The van der Waals surface area contributed by atoms with E-state index in [-0.39, 0.29) is 0 Å². The van der Waals surface area contributed by atoms with Crippen LogP contribution in [-0.4, -0.2) is 0 Å². The van der Waals surface area contributed by atoms with Crippen molar-refractivity contribution in [1.82, 2.24) is 0 Å². The van der Waals surface area contributed by atoms with Gasteiger partial charge in [-0.25, -0.2) is 0 Å².